The van der Waals surface area contributed by atoms with E-state index in [1.165, 1.54) is 6.20 Å². The monoisotopic (exact) mass is 550 g/mol. The summed E-state index contributed by atoms with van der Waals surface area (Å²) in [6, 6.07) is 8.84. The van der Waals surface area contributed by atoms with Gasteiger partial charge >= 0.3 is 6.09 Å². The van der Waals surface area contributed by atoms with E-state index in [4.69, 9.17) is 10.00 Å². The molecule has 0 aliphatic heterocycles. The van der Waals surface area contributed by atoms with Gasteiger partial charge in [-0.2, -0.15) is 9.64 Å². The molecule has 0 fully saturated rings. The average molecular weight is 551 g/mol. The summed E-state index contributed by atoms with van der Waals surface area (Å²) in [6.07, 6.45) is 3.45. The lowest BCUT2D eigenvalue weighted by molar-refractivity contribution is 0.0252. The van der Waals surface area contributed by atoms with Crippen LogP contribution in [0.3, 0.4) is 0 Å². The number of carbonyl (C=O) groups is 2. The fourth-order valence-electron chi connectivity index (χ4n) is 3.53. The molecule has 3 aromatic rings. The van der Waals surface area contributed by atoms with Gasteiger partial charge in [-0.1, -0.05) is 6.92 Å². The number of amides is 2. The molecule has 0 saturated carbocycles. The van der Waals surface area contributed by atoms with Crippen molar-refractivity contribution in [3.05, 3.63) is 53.5 Å². The Kier molecular flexibility index (Phi) is 9.78. The molecule has 39 heavy (non-hydrogen) atoms. The Hall–Kier alpha value is -4.24. The number of hydrogen-bond acceptors (Lipinski definition) is 10. The number of pyridine rings is 2. The molecule has 206 valence electrons. The van der Waals surface area contributed by atoms with Gasteiger partial charge in [0.15, 0.2) is 0 Å². The quantitative estimate of drug-likeness (QED) is 0.295. The fourth-order valence-corrected chi connectivity index (χ4v) is 4.33. The van der Waals surface area contributed by atoms with Gasteiger partial charge in [0.1, 0.15) is 28.3 Å². The topological polar surface area (TPSA) is 145 Å². The van der Waals surface area contributed by atoms with Crippen LogP contribution in [0, 0.1) is 18.3 Å². The standard InChI is InChI=1S/C27H34N8O3S/c1-7-19(16-35(8-2)26(37)38-27(4,5)6)31-21-12-10-20(15-30-21)32-24(36)23-17(3)34-39-25(23)33-22-11-9-18(13-28)14-29-22/h9-12,14-15,19H,7-8,16H2,1-6H3,(H,29,33)(H,30,31)(H,32,36). The number of nitriles is 1. The minimum absolute atomic E-state index is 0.0330. The Bertz CT molecular complexity index is 1310. The lowest BCUT2D eigenvalue weighted by Gasteiger charge is -2.29. The van der Waals surface area contributed by atoms with Gasteiger partial charge < -0.3 is 25.6 Å². The first kappa shape index (κ1) is 29.3. The van der Waals surface area contributed by atoms with Crippen LogP contribution in [0.5, 0.6) is 0 Å². The Morgan fingerprint density at radius 1 is 1.13 bits per heavy atom. The summed E-state index contributed by atoms with van der Waals surface area (Å²) in [7, 11) is 0. The van der Waals surface area contributed by atoms with E-state index in [9.17, 15) is 9.59 Å². The SMILES string of the molecule is CCC(CN(CC)C(=O)OC(C)(C)C)Nc1ccc(NC(=O)c2c(C)nsc2Nc2ccc(C#N)cn2)cn1. The smallest absolute Gasteiger partial charge is 0.410 e. The zero-order chi connectivity index (χ0) is 28.6. The number of aromatic nitrogens is 3. The van der Waals surface area contributed by atoms with Crippen molar-refractivity contribution in [1.82, 2.24) is 19.2 Å². The summed E-state index contributed by atoms with van der Waals surface area (Å²) < 4.78 is 9.81. The van der Waals surface area contributed by atoms with Gasteiger partial charge in [-0.05, 0) is 76.8 Å². The summed E-state index contributed by atoms with van der Waals surface area (Å²) in [5.74, 6) is 0.799. The number of nitrogens with one attached hydrogen (secondary N) is 3. The number of aryl methyl sites for hydroxylation is 1. The van der Waals surface area contributed by atoms with Crippen LogP contribution >= 0.6 is 11.5 Å². The molecule has 3 heterocycles. The predicted octanol–water partition coefficient (Wildman–Crippen LogP) is 5.56. The van der Waals surface area contributed by atoms with E-state index in [0.717, 1.165) is 18.0 Å². The molecule has 3 rings (SSSR count). The molecule has 0 aliphatic carbocycles. The van der Waals surface area contributed by atoms with E-state index in [1.807, 2.05) is 40.7 Å². The molecule has 0 spiro atoms. The van der Waals surface area contributed by atoms with E-state index in [1.54, 1.807) is 42.3 Å². The van der Waals surface area contributed by atoms with Crippen LogP contribution in [-0.4, -0.2) is 56.0 Å². The highest BCUT2D eigenvalue weighted by Gasteiger charge is 2.23. The third kappa shape index (κ3) is 8.38. The Morgan fingerprint density at radius 2 is 1.85 bits per heavy atom. The van der Waals surface area contributed by atoms with Crippen LogP contribution in [0.2, 0.25) is 0 Å². The van der Waals surface area contributed by atoms with Gasteiger partial charge in [0.25, 0.3) is 5.91 Å². The Labute approximate surface area is 232 Å². The summed E-state index contributed by atoms with van der Waals surface area (Å²) in [6.45, 7) is 12.2. The van der Waals surface area contributed by atoms with Crippen molar-refractivity contribution < 1.29 is 14.3 Å². The number of nitrogens with zero attached hydrogens (tertiary/aromatic N) is 5. The van der Waals surface area contributed by atoms with Crippen molar-refractivity contribution in [2.24, 2.45) is 0 Å². The number of anilines is 4. The molecular weight excluding hydrogens is 516 g/mol. The lowest BCUT2D eigenvalue weighted by atomic mass is 10.2. The molecule has 2 amide bonds. The fraction of sp³-hybridized carbons (Fsp3) is 0.407. The van der Waals surface area contributed by atoms with Crippen LogP contribution in [-0.2, 0) is 4.74 Å². The lowest BCUT2D eigenvalue weighted by Crippen LogP contribution is -2.43. The van der Waals surface area contributed by atoms with E-state index in [2.05, 4.69) is 30.3 Å². The van der Waals surface area contributed by atoms with Crippen molar-refractivity contribution in [3.63, 3.8) is 0 Å². The van der Waals surface area contributed by atoms with Crippen molar-refractivity contribution in [1.29, 1.82) is 5.26 Å². The van der Waals surface area contributed by atoms with E-state index in [-0.39, 0.29) is 18.0 Å². The van der Waals surface area contributed by atoms with Crippen LogP contribution in [0.4, 0.5) is 27.1 Å². The van der Waals surface area contributed by atoms with E-state index < -0.39 is 5.60 Å². The highest BCUT2D eigenvalue weighted by molar-refractivity contribution is 7.10. The van der Waals surface area contributed by atoms with Gasteiger partial charge in [-0.15, -0.1) is 0 Å². The molecular formula is C27H34N8O3S. The maximum absolute atomic E-state index is 13.1. The van der Waals surface area contributed by atoms with Crippen LogP contribution < -0.4 is 16.0 Å². The second kappa shape index (κ2) is 13.0. The van der Waals surface area contributed by atoms with E-state index >= 15 is 0 Å². The molecule has 11 nitrogen and oxygen atoms in total. The van der Waals surface area contributed by atoms with Crippen LogP contribution in [0.15, 0.2) is 36.7 Å². The number of likely N-dealkylation sites (N-methyl/N-ethyl adjacent to an activating group) is 1. The first-order valence-electron chi connectivity index (χ1n) is 12.6. The van der Waals surface area contributed by atoms with Gasteiger partial charge in [-0.25, -0.2) is 14.8 Å². The van der Waals surface area contributed by atoms with Gasteiger partial charge in [-0.3, -0.25) is 4.79 Å². The largest absolute Gasteiger partial charge is 0.444 e. The molecule has 3 N–H and O–H groups in total. The number of ether oxygens (including phenoxy) is 1. The number of rotatable bonds is 10. The third-order valence-electron chi connectivity index (χ3n) is 5.56. The highest BCUT2D eigenvalue weighted by atomic mass is 32.1. The first-order valence-corrected chi connectivity index (χ1v) is 13.4. The Balaban J connectivity index is 1.63. The molecule has 0 aliphatic rings. The molecule has 0 radical (unpaired) electrons. The predicted molar refractivity (Wildman–Crippen MR) is 152 cm³/mol. The second-order valence-corrected chi connectivity index (χ2v) is 10.6. The molecule has 12 heteroatoms. The zero-order valence-corrected chi connectivity index (χ0v) is 23.8. The second-order valence-electron chi connectivity index (χ2n) is 9.80. The Morgan fingerprint density at radius 3 is 2.41 bits per heavy atom. The van der Waals surface area contributed by atoms with Gasteiger partial charge in [0.2, 0.25) is 0 Å². The summed E-state index contributed by atoms with van der Waals surface area (Å²) in [4.78, 5) is 35.9. The summed E-state index contributed by atoms with van der Waals surface area (Å²) >= 11 is 1.15. The van der Waals surface area contributed by atoms with E-state index in [0.29, 0.717) is 52.2 Å². The highest BCUT2D eigenvalue weighted by Crippen LogP contribution is 2.28. The molecule has 0 bridgehead atoms. The summed E-state index contributed by atoms with van der Waals surface area (Å²) in [5, 5.41) is 18.8. The molecule has 3 aromatic heterocycles. The first-order chi connectivity index (χ1) is 18.5. The number of hydrogen-bond donors (Lipinski definition) is 3. The maximum atomic E-state index is 13.1. The normalized spacial score (nSPS) is 11.7. The zero-order valence-electron chi connectivity index (χ0n) is 23.0. The van der Waals surface area contributed by atoms with Crippen LogP contribution in [0.25, 0.3) is 0 Å². The van der Waals surface area contributed by atoms with Crippen molar-refractivity contribution >= 4 is 45.9 Å². The molecule has 0 aromatic carbocycles. The molecule has 1 unspecified atom stereocenters. The summed E-state index contributed by atoms with van der Waals surface area (Å²) in [5.41, 5.74) is 1.39. The molecule has 0 saturated heterocycles. The minimum atomic E-state index is -0.559. The van der Waals surface area contributed by atoms with Crippen molar-refractivity contribution in [3.8, 4) is 6.07 Å². The molecule has 1 atom stereocenters. The van der Waals surface area contributed by atoms with Gasteiger partial charge in [0, 0.05) is 25.3 Å². The van der Waals surface area contributed by atoms with Gasteiger partial charge in [0.05, 0.1) is 28.7 Å². The third-order valence-corrected chi connectivity index (χ3v) is 6.42. The number of carbonyl (C=O) groups excluding carboxylic acids is 2. The van der Waals surface area contributed by atoms with Crippen LogP contribution in [0.1, 0.15) is 62.7 Å². The minimum Gasteiger partial charge on any atom is -0.444 e. The van der Waals surface area contributed by atoms with Crippen molar-refractivity contribution in [2.45, 2.75) is 59.6 Å². The average Bonchev–Trinajstić information content (AvgIpc) is 3.26. The maximum Gasteiger partial charge on any atom is 0.410 e. The van der Waals surface area contributed by atoms with Crippen molar-refractivity contribution in [2.75, 3.05) is 29.0 Å².